The highest BCUT2D eigenvalue weighted by molar-refractivity contribution is 7.92. The number of rotatable bonds is 9. The van der Waals surface area contributed by atoms with Gasteiger partial charge in [0.25, 0.3) is 0 Å². The first-order valence-corrected chi connectivity index (χ1v) is 17.0. The van der Waals surface area contributed by atoms with Crippen molar-refractivity contribution < 1.29 is 17.9 Å². The molecule has 0 spiro atoms. The topological polar surface area (TPSA) is 115 Å². The molecule has 2 aromatic carbocycles. The highest BCUT2D eigenvalue weighted by atomic mass is 32.2. The number of para-hydroxylation sites is 1. The van der Waals surface area contributed by atoms with Gasteiger partial charge in [-0.25, -0.2) is 13.4 Å². The van der Waals surface area contributed by atoms with Crippen molar-refractivity contribution in [3.8, 4) is 16.9 Å². The minimum atomic E-state index is -3.51. The van der Waals surface area contributed by atoms with Crippen molar-refractivity contribution in [2.75, 3.05) is 49.6 Å². The number of hydrogen-bond donors (Lipinski definition) is 1. The Balaban J connectivity index is 1.30. The summed E-state index contributed by atoms with van der Waals surface area (Å²) in [5, 5.41) is 7.39. The maximum Gasteiger partial charge on any atom is 0.232 e. The van der Waals surface area contributed by atoms with E-state index < -0.39 is 15.1 Å². The van der Waals surface area contributed by atoms with E-state index in [2.05, 4.69) is 45.5 Å². The second-order valence-electron chi connectivity index (χ2n) is 12.0. The highest BCUT2D eigenvalue weighted by Crippen LogP contribution is 2.42. The first-order valence-electron chi connectivity index (χ1n) is 15.5. The molecule has 1 atom stereocenters. The number of hydrogen-bond acceptors (Lipinski definition) is 10. The molecule has 2 aliphatic rings. The molecule has 1 saturated heterocycles. The maximum atomic E-state index is 13.1. The largest absolute Gasteiger partial charge is 0.487 e. The van der Waals surface area contributed by atoms with Gasteiger partial charge in [-0.05, 0) is 70.0 Å². The lowest BCUT2D eigenvalue weighted by Crippen LogP contribution is -2.38. The van der Waals surface area contributed by atoms with Gasteiger partial charge in [0.15, 0.2) is 9.84 Å². The summed E-state index contributed by atoms with van der Waals surface area (Å²) in [6.45, 7) is 15.1. The smallest absolute Gasteiger partial charge is 0.232 e. The van der Waals surface area contributed by atoms with Gasteiger partial charge in [-0.1, -0.05) is 12.1 Å². The molecule has 2 aromatic heterocycles. The van der Waals surface area contributed by atoms with E-state index in [0.717, 1.165) is 73.1 Å². The van der Waals surface area contributed by atoms with E-state index in [1.165, 1.54) is 0 Å². The predicted octanol–water partition coefficient (Wildman–Crippen LogP) is 5.13. The lowest BCUT2D eigenvalue weighted by Gasteiger charge is -2.34. The van der Waals surface area contributed by atoms with Crippen molar-refractivity contribution in [2.45, 2.75) is 57.4 Å². The molecule has 0 radical (unpaired) electrons. The second kappa shape index (κ2) is 12.8. The molecule has 6 rings (SSSR count). The van der Waals surface area contributed by atoms with Crippen molar-refractivity contribution >= 4 is 33.0 Å². The van der Waals surface area contributed by atoms with Gasteiger partial charge >= 0.3 is 0 Å². The first kappa shape index (κ1) is 31.0. The zero-order chi connectivity index (χ0) is 31.7. The van der Waals surface area contributed by atoms with Crippen LogP contribution in [0.4, 0.5) is 23.1 Å². The third-order valence-corrected chi connectivity index (χ3v) is 10.5. The molecule has 0 amide bonds. The van der Waals surface area contributed by atoms with Crippen molar-refractivity contribution in [1.82, 2.24) is 24.6 Å². The molecule has 238 valence electrons. The van der Waals surface area contributed by atoms with Crippen LogP contribution in [0.1, 0.15) is 31.9 Å². The van der Waals surface area contributed by atoms with Gasteiger partial charge in [-0.15, -0.1) is 0 Å². The Morgan fingerprint density at radius 2 is 1.82 bits per heavy atom. The van der Waals surface area contributed by atoms with Crippen LogP contribution >= 0.6 is 0 Å². The zero-order valence-corrected chi connectivity index (χ0v) is 27.3. The van der Waals surface area contributed by atoms with Crippen LogP contribution in [0.5, 0.6) is 5.75 Å². The second-order valence-corrected chi connectivity index (χ2v) is 14.5. The molecule has 1 fully saturated rings. The normalized spacial score (nSPS) is 17.3. The van der Waals surface area contributed by atoms with Gasteiger partial charge in [0.2, 0.25) is 5.95 Å². The van der Waals surface area contributed by atoms with Crippen molar-refractivity contribution in [1.29, 1.82) is 0 Å². The van der Waals surface area contributed by atoms with E-state index in [0.29, 0.717) is 24.0 Å². The number of aryl methyl sites for hydroxylation is 2. The Bertz CT molecular complexity index is 1780. The predicted molar refractivity (Wildman–Crippen MR) is 176 cm³/mol. The fourth-order valence-electron chi connectivity index (χ4n) is 5.67. The van der Waals surface area contributed by atoms with Crippen molar-refractivity contribution in [2.24, 2.45) is 0 Å². The van der Waals surface area contributed by atoms with E-state index in [1.807, 2.05) is 30.8 Å². The quantitative estimate of drug-likeness (QED) is 0.267. The molecule has 0 aliphatic carbocycles. The van der Waals surface area contributed by atoms with Crippen LogP contribution in [0, 0.1) is 13.8 Å². The van der Waals surface area contributed by atoms with Gasteiger partial charge in [0.05, 0.1) is 54.0 Å². The Morgan fingerprint density at radius 3 is 2.60 bits per heavy atom. The van der Waals surface area contributed by atoms with E-state index in [1.54, 1.807) is 38.2 Å². The van der Waals surface area contributed by atoms with Crippen LogP contribution < -0.4 is 15.0 Å². The Labute approximate surface area is 265 Å². The standard InChI is InChI=1S/C33H41N7O4S/c1-22(2)45(41,42)31-9-7-6-8-28(31)36-32-24(4)18-34-33(37-32)40-20-25(5)44-30-16-23(3)27(17-29(30)40)26-19-35-39(21-26)11-10-38-12-14-43-15-13-38/h6-9,16-19,21-22,25H,10-15,20H2,1-5H3,(H,34,36,37). The fraction of sp³-hybridized carbons (Fsp3) is 0.424. The molecule has 4 aromatic rings. The van der Waals surface area contributed by atoms with Crippen LogP contribution in [0.15, 0.2) is 59.9 Å². The summed E-state index contributed by atoms with van der Waals surface area (Å²) in [6.07, 6.45) is 5.68. The number of benzene rings is 2. The number of aromatic nitrogens is 4. The summed E-state index contributed by atoms with van der Waals surface area (Å²) >= 11 is 0. The average Bonchev–Trinajstić information content (AvgIpc) is 3.50. The summed E-state index contributed by atoms with van der Waals surface area (Å²) < 4.78 is 39.9. The van der Waals surface area contributed by atoms with Crippen molar-refractivity contribution in [3.63, 3.8) is 0 Å². The molecule has 0 bridgehead atoms. The lowest BCUT2D eigenvalue weighted by molar-refractivity contribution is 0.0360. The highest BCUT2D eigenvalue weighted by Gasteiger charge is 2.29. The SMILES string of the molecule is Cc1cc2c(cc1-c1cnn(CCN3CCOCC3)c1)N(c1ncc(C)c(Nc3ccccc3S(=O)(=O)C(C)C)n1)CC(C)O2. The fourth-order valence-corrected chi connectivity index (χ4v) is 6.87. The average molecular weight is 632 g/mol. The van der Waals surface area contributed by atoms with Crippen molar-refractivity contribution in [3.05, 3.63) is 66.1 Å². The maximum absolute atomic E-state index is 13.1. The van der Waals surface area contributed by atoms with Crippen LogP contribution in [0.2, 0.25) is 0 Å². The molecular weight excluding hydrogens is 590 g/mol. The molecule has 0 saturated carbocycles. The number of ether oxygens (including phenoxy) is 2. The molecule has 12 heteroatoms. The van der Waals surface area contributed by atoms with Gasteiger partial charge in [0.1, 0.15) is 17.7 Å². The van der Waals surface area contributed by atoms with Crippen LogP contribution in [-0.2, 0) is 21.1 Å². The minimum absolute atomic E-state index is 0.0936. The lowest BCUT2D eigenvalue weighted by atomic mass is 10.0. The Hall–Kier alpha value is -4.00. The summed E-state index contributed by atoms with van der Waals surface area (Å²) in [6, 6.07) is 11.1. The Morgan fingerprint density at radius 1 is 1.04 bits per heavy atom. The van der Waals surface area contributed by atoms with E-state index in [4.69, 9.17) is 19.4 Å². The summed E-state index contributed by atoms with van der Waals surface area (Å²) in [5.74, 6) is 1.81. The monoisotopic (exact) mass is 631 g/mol. The molecule has 2 aliphatic heterocycles. The minimum Gasteiger partial charge on any atom is -0.487 e. The molecular formula is C33H41N7O4S. The summed E-state index contributed by atoms with van der Waals surface area (Å²) in [5.41, 5.74) is 5.33. The van der Waals surface area contributed by atoms with E-state index in [-0.39, 0.29) is 11.0 Å². The van der Waals surface area contributed by atoms with Gasteiger partial charge in [-0.3, -0.25) is 9.58 Å². The Kier molecular flexibility index (Phi) is 8.80. The number of nitrogens with one attached hydrogen (secondary N) is 1. The molecule has 11 nitrogen and oxygen atoms in total. The van der Waals surface area contributed by atoms with Crippen LogP contribution in [0.3, 0.4) is 0 Å². The molecule has 4 heterocycles. The number of anilines is 4. The van der Waals surface area contributed by atoms with Crippen LogP contribution in [-0.4, -0.2) is 83.8 Å². The first-order chi connectivity index (χ1) is 21.6. The molecule has 45 heavy (non-hydrogen) atoms. The van der Waals surface area contributed by atoms with E-state index >= 15 is 0 Å². The number of morpholine rings is 1. The third-order valence-electron chi connectivity index (χ3n) is 8.33. The van der Waals surface area contributed by atoms with E-state index in [9.17, 15) is 8.42 Å². The molecule has 1 N–H and O–H groups in total. The van der Waals surface area contributed by atoms with Gasteiger partial charge < -0.3 is 19.7 Å². The number of nitrogens with zero attached hydrogens (tertiary/aromatic N) is 6. The van der Waals surface area contributed by atoms with Crippen LogP contribution in [0.25, 0.3) is 11.1 Å². The zero-order valence-electron chi connectivity index (χ0n) is 26.5. The summed E-state index contributed by atoms with van der Waals surface area (Å²) in [4.78, 5) is 14.3. The number of fused-ring (bicyclic) bond motifs is 1. The molecule has 1 unspecified atom stereocenters. The third kappa shape index (κ3) is 6.54. The number of sulfone groups is 1. The summed E-state index contributed by atoms with van der Waals surface area (Å²) in [7, 11) is -3.51. The van der Waals surface area contributed by atoms with Gasteiger partial charge in [-0.2, -0.15) is 10.1 Å². The van der Waals surface area contributed by atoms with Gasteiger partial charge in [0, 0.05) is 43.2 Å².